The van der Waals surface area contributed by atoms with Gasteiger partial charge in [-0.05, 0) is 36.2 Å². The summed E-state index contributed by atoms with van der Waals surface area (Å²) in [6.07, 6.45) is 8.40. The highest BCUT2D eigenvalue weighted by Gasteiger charge is 2.51. The molecule has 1 aromatic carbocycles. The molecule has 0 radical (unpaired) electrons. The van der Waals surface area contributed by atoms with E-state index in [1.54, 1.807) is 24.4 Å². The predicted molar refractivity (Wildman–Crippen MR) is 112 cm³/mol. The molecule has 1 amide bonds. The molecule has 4 aromatic rings. The van der Waals surface area contributed by atoms with Gasteiger partial charge in [0, 0.05) is 47.2 Å². The zero-order valence-corrected chi connectivity index (χ0v) is 16.5. The molecule has 1 aliphatic heterocycles. The summed E-state index contributed by atoms with van der Waals surface area (Å²) in [4.78, 5) is 47.8. The molecule has 154 valence electrons. The van der Waals surface area contributed by atoms with Crippen LogP contribution in [0.15, 0.2) is 78.0 Å². The molecule has 0 saturated carbocycles. The van der Waals surface area contributed by atoms with Gasteiger partial charge < -0.3 is 14.3 Å². The number of carbonyl (C=O) groups is 3. The summed E-state index contributed by atoms with van der Waals surface area (Å²) < 4.78 is 5.21. The Hall–Kier alpha value is -4.00. The first-order valence-electron chi connectivity index (χ1n) is 10.0. The van der Waals surface area contributed by atoms with Crippen molar-refractivity contribution in [1.29, 1.82) is 0 Å². The fourth-order valence-electron chi connectivity index (χ4n) is 4.31. The maximum absolute atomic E-state index is 13.2. The van der Waals surface area contributed by atoms with Gasteiger partial charge in [0.25, 0.3) is 5.91 Å². The highest BCUT2D eigenvalue weighted by Crippen LogP contribution is 2.38. The molecule has 0 bridgehead atoms. The highest BCUT2D eigenvalue weighted by molar-refractivity contribution is 6.44. The minimum absolute atomic E-state index is 0.305. The first-order chi connectivity index (χ1) is 15.1. The average molecular weight is 413 g/mol. The van der Waals surface area contributed by atoms with Gasteiger partial charge in [-0.2, -0.15) is 0 Å². The van der Waals surface area contributed by atoms with Crippen LogP contribution in [0.25, 0.3) is 10.9 Å². The van der Waals surface area contributed by atoms with Crippen molar-refractivity contribution in [2.24, 2.45) is 5.92 Å². The third kappa shape index (κ3) is 3.24. The third-order valence-electron chi connectivity index (χ3n) is 5.82. The van der Waals surface area contributed by atoms with Crippen molar-refractivity contribution < 1.29 is 18.8 Å². The van der Waals surface area contributed by atoms with E-state index in [9.17, 15) is 14.4 Å². The van der Waals surface area contributed by atoms with Gasteiger partial charge in [-0.1, -0.05) is 18.2 Å². The molecule has 3 aromatic heterocycles. The summed E-state index contributed by atoms with van der Waals surface area (Å²) in [5, 5.41) is 1.07. The summed E-state index contributed by atoms with van der Waals surface area (Å²) in [5.41, 5.74) is 2.99. The molecule has 1 N–H and O–H groups in total. The predicted octanol–water partition coefficient (Wildman–Crippen LogP) is 3.35. The van der Waals surface area contributed by atoms with E-state index < -0.39 is 29.4 Å². The molecule has 7 heteroatoms. The van der Waals surface area contributed by atoms with Crippen LogP contribution >= 0.6 is 0 Å². The molecule has 5 rings (SSSR count). The van der Waals surface area contributed by atoms with Gasteiger partial charge in [-0.3, -0.25) is 19.4 Å². The van der Waals surface area contributed by atoms with Crippen LogP contribution in [0.4, 0.5) is 0 Å². The number of carbonyl (C=O) groups excluding carboxylic acids is 3. The number of nitrogens with one attached hydrogen (secondary N) is 1. The van der Waals surface area contributed by atoms with Crippen molar-refractivity contribution in [3.63, 3.8) is 0 Å². The lowest BCUT2D eigenvalue weighted by atomic mass is 9.87. The molecule has 0 spiro atoms. The summed E-state index contributed by atoms with van der Waals surface area (Å²) in [6, 6.07) is 12.1. The average Bonchev–Trinajstić information content (AvgIpc) is 3.53. The number of amides is 1. The topological polar surface area (TPSA) is 96.3 Å². The number of likely N-dealkylation sites (tertiary alicyclic amines) is 1. The number of Topliss-reactive ketones (excluding diaryl/α,β-unsaturated/α-hetero) is 2. The van der Waals surface area contributed by atoms with Crippen LogP contribution < -0.4 is 0 Å². The number of nitrogens with zero attached hydrogens (tertiary/aromatic N) is 2. The van der Waals surface area contributed by atoms with E-state index in [1.807, 2.05) is 30.5 Å². The lowest BCUT2D eigenvalue weighted by molar-refractivity contribution is -0.140. The van der Waals surface area contributed by atoms with Crippen molar-refractivity contribution in [2.75, 3.05) is 6.54 Å². The lowest BCUT2D eigenvalue weighted by Crippen LogP contribution is -2.32. The smallest absolute Gasteiger partial charge is 0.291 e. The van der Waals surface area contributed by atoms with Crippen LogP contribution in [0.3, 0.4) is 0 Å². The van der Waals surface area contributed by atoms with Gasteiger partial charge in [0.2, 0.25) is 5.78 Å². The zero-order chi connectivity index (χ0) is 21.4. The third-order valence-corrected chi connectivity index (χ3v) is 5.82. The number of aromatic nitrogens is 2. The Balaban J connectivity index is 1.48. The number of furan rings is 1. The fourth-order valence-corrected chi connectivity index (χ4v) is 4.31. The van der Waals surface area contributed by atoms with Crippen molar-refractivity contribution >= 4 is 28.4 Å². The van der Waals surface area contributed by atoms with Gasteiger partial charge in [0.05, 0.1) is 18.6 Å². The van der Waals surface area contributed by atoms with Crippen molar-refractivity contribution in [3.8, 4) is 0 Å². The normalized spacial score (nSPS) is 18.8. The highest BCUT2D eigenvalue weighted by atomic mass is 16.3. The van der Waals surface area contributed by atoms with Gasteiger partial charge in [-0.15, -0.1) is 0 Å². The second-order valence-corrected chi connectivity index (χ2v) is 7.56. The minimum Gasteiger partial charge on any atom is -0.472 e. The molecular formula is C24H19N3O4. The summed E-state index contributed by atoms with van der Waals surface area (Å²) in [6.45, 7) is 0.305. The van der Waals surface area contributed by atoms with E-state index in [1.165, 1.54) is 23.6 Å². The number of ketones is 2. The number of hydrogen-bond acceptors (Lipinski definition) is 5. The summed E-state index contributed by atoms with van der Waals surface area (Å²) in [7, 11) is 0. The van der Waals surface area contributed by atoms with Crippen LogP contribution in [-0.4, -0.2) is 38.9 Å². The van der Waals surface area contributed by atoms with E-state index >= 15 is 0 Å². The summed E-state index contributed by atoms with van der Waals surface area (Å²) in [5.74, 6) is -2.88. The number of rotatable bonds is 6. The van der Waals surface area contributed by atoms with Crippen LogP contribution in [0.5, 0.6) is 0 Å². The Bertz CT molecular complexity index is 1260. The molecule has 2 unspecified atom stereocenters. The van der Waals surface area contributed by atoms with Crippen LogP contribution in [-0.2, 0) is 16.0 Å². The van der Waals surface area contributed by atoms with E-state index in [4.69, 9.17) is 4.42 Å². The molecule has 7 nitrogen and oxygen atoms in total. The molecule has 31 heavy (non-hydrogen) atoms. The number of hydrogen-bond donors (Lipinski definition) is 1. The Kier molecular flexibility index (Phi) is 4.71. The van der Waals surface area contributed by atoms with E-state index in [-0.39, 0.29) is 0 Å². The maximum atomic E-state index is 13.2. The summed E-state index contributed by atoms with van der Waals surface area (Å²) >= 11 is 0. The standard InChI is InChI=1S/C24H19N3O4/c28-22(16-4-3-9-25-12-16)20-21(17-8-11-31-14-17)27(24(30)23(20)29)10-7-15-13-26-19-6-2-1-5-18(15)19/h1-6,8-9,11-14,20-21,26H,7,10H2. The molecule has 1 saturated heterocycles. The monoisotopic (exact) mass is 413 g/mol. The van der Waals surface area contributed by atoms with Crippen molar-refractivity contribution in [3.05, 3.63) is 90.3 Å². The van der Waals surface area contributed by atoms with E-state index in [2.05, 4.69) is 9.97 Å². The SMILES string of the molecule is O=C1C(=O)N(CCc2c[nH]c3ccccc23)C(c2ccoc2)C1C(=O)c1cccnc1. The maximum Gasteiger partial charge on any atom is 0.291 e. The molecule has 2 atom stereocenters. The molecule has 1 aliphatic rings. The number of H-pyrrole nitrogens is 1. The number of aromatic amines is 1. The van der Waals surface area contributed by atoms with Gasteiger partial charge in [-0.25, -0.2) is 0 Å². The Morgan fingerprint density at radius 1 is 1.13 bits per heavy atom. The number of pyridine rings is 1. The van der Waals surface area contributed by atoms with Crippen LogP contribution in [0.1, 0.15) is 27.5 Å². The van der Waals surface area contributed by atoms with Gasteiger partial charge in [0.1, 0.15) is 5.92 Å². The molecule has 0 aliphatic carbocycles. The Morgan fingerprint density at radius 3 is 2.77 bits per heavy atom. The van der Waals surface area contributed by atoms with Crippen LogP contribution in [0.2, 0.25) is 0 Å². The van der Waals surface area contributed by atoms with Gasteiger partial charge in [0.15, 0.2) is 5.78 Å². The van der Waals surface area contributed by atoms with Crippen molar-refractivity contribution in [1.82, 2.24) is 14.9 Å². The second-order valence-electron chi connectivity index (χ2n) is 7.56. The number of para-hydroxylation sites is 1. The molecule has 1 fully saturated rings. The lowest BCUT2D eigenvalue weighted by Gasteiger charge is -2.25. The van der Waals surface area contributed by atoms with Crippen molar-refractivity contribution in [2.45, 2.75) is 12.5 Å². The zero-order valence-electron chi connectivity index (χ0n) is 16.5. The minimum atomic E-state index is -1.13. The van der Waals surface area contributed by atoms with E-state index in [0.717, 1.165) is 16.5 Å². The fraction of sp³-hybridized carbons (Fsp3) is 0.167. The first kappa shape index (κ1) is 19.0. The molecule has 4 heterocycles. The number of fused-ring (bicyclic) bond motifs is 1. The Labute approximate surface area is 177 Å². The number of benzene rings is 1. The van der Waals surface area contributed by atoms with E-state index in [0.29, 0.717) is 24.1 Å². The first-order valence-corrected chi connectivity index (χ1v) is 10.0. The van der Waals surface area contributed by atoms with Crippen LogP contribution in [0, 0.1) is 5.92 Å². The second kappa shape index (κ2) is 7.68. The largest absolute Gasteiger partial charge is 0.472 e. The quantitative estimate of drug-likeness (QED) is 0.297. The molecular weight excluding hydrogens is 394 g/mol. The Morgan fingerprint density at radius 2 is 2.00 bits per heavy atom. The van der Waals surface area contributed by atoms with Gasteiger partial charge >= 0.3 is 0 Å².